The monoisotopic (exact) mass is 502 g/mol. The predicted octanol–water partition coefficient (Wildman–Crippen LogP) is 4.33. The summed E-state index contributed by atoms with van der Waals surface area (Å²) in [5.74, 6) is -0.855. The molecule has 0 amide bonds. The number of rotatable bonds is 12. The molecule has 164 valence electrons. The maximum absolute atomic E-state index is 10.6. The molecule has 0 aliphatic rings. The summed E-state index contributed by atoms with van der Waals surface area (Å²) in [5.41, 5.74) is 0. The minimum absolute atomic E-state index is 0.00800. The molecule has 0 aromatic heterocycles. The van der Waals surface area contributed by atoms with E-state index in [0.29, 0.717) is 19.8 Å². The third-order valence-electron chi connectivity index (χ3n) is 5.37. The van der Waals surface area contributed by atoms with E-state index in [1.165, 1.54) is 15.9 Å². The number of aliphatic carboxylic acids is 1. The molecular formula is C25H28BrO4P. The number of hydrogen-bond donors (Lipinski definition) is 1. The first-order valence-electron chi connectivity index (χ1n) is 10.3. The van der Waals surface area contributed by atoms with E-state index >= 15 is 0 Å². The molecule has 4 nitrogen and oxygen atoms in total. The molecule has 31 heavy (non-hydrogen) atoms. The summed E-state index contributed by atoms with van der Waals surface area (Å²) < 4.78 is 11.3. The van der Waals surface area contributed by atoms with Crippen LogP contribution >= 0.6 is 20.8 Å². The summed E-state index contributed by atoms with van der Waals surface area (Å²) in [6.07, 6.45) is 0.798. The molecule has 0 spiro atoms. The van der Waals surface area contributed by atoms with Crippen LogP contribution in [0.1, 0.15) is 6.42 Å². The van der Waals surface area contributed by atoms with Crippen molar-refractivity contribution in [2.75, 3.05) is 32.6 Å². The molecule has 0 radical (unpaired) electrons. The van der Waals surface area contributed by atoms with Crippen LogP contribution in [0.5, 0.6) is 0 Å². The molecule has 3 aromatic carbocycles. The Morgan fingerprint density at radius 1 is 0.677 bits per heavy atom. The summed E-state index contributed by atoms with van der Waals surface area (Å²) in [6.45, 7) is 1.56. The van der Waals surface area contributed by atoms with E-state index < -0.39 is 11.3 Å². The zero-order valence-electron chi connectivity index (χ0n) is 17.4. The van der Waals surface area contributed by atoms with Gasteiger partial charge in [0.2, 0.25) is 0 Å². The topological polar surface area (TPSA) is 55.8 Å². The van der Waals surface area contributed by atoms with Gasteiger partial charge in [-0.2, -0.15) is 0 Å². The van der Waals surface area contributed by atoms with Crippen molar-refractivity contribution in [2.24, 2.45) is 0 Å². The molecule has 0 bridgehead atoms. The van der Waals surface area contributed by atoms with Gasteiger partial charge in [-0.1, -0.05) is 0 Å². The first-order valence-corrected chi connectivity index (χ1v) is 14.8. The summed E-state index contributed by atoms with van der Waals surface area (Å²) in [4.78, 5) is 10.6. The zero-order valence-corrected chi connectivity index (χ0v) is 19.9. The molecule has 1 N–H and O–H groups in total. The standard InChI is InChI=1S/C25H28BrO4P/c26-31(22-10-4-1-5-11-22,23-12-6-2-7-13-23,24-14-8-3-9-15-24)21-20-30-19-18-29-17-16-25(27)28/h1-15H,16-21H2,(H,27,28). The van der Waals surface area contributed by atoms with Crippen LogP contribution in [0.4, 0.5) is 0 Å². The molecule has 0 saturated heterocycles. The first kappa shape index (κ1) is 23.6. The third-order valence-corrected chi connectivity index (χ3v) is 15.3. The van der Waals surface area contributed by atoms with Crippen molar-refractivity contribution < 1.29 is 19.4 Å². The summed E-state index contributed by atoms with van der Waals surface area (Å²) in [6, 6.07) is 31.8. The van der Waals surface area contributed by atoms with E-state index in [1.54, 1.807) is 0 Å². The Hall–Kier alpha value is -2.04. The van der Waals surface area contributed by atoms with Crippen molar-refractivity contribution in [3.8, 4) is 0 Å². The van der Waals surface area contributed by atoms with E-state index in [1.807, 2.05) is 18.2 Å². The van der Waals surface area contributed by atoms with Gasteiger partial charge < -0.3 is 0 Å². The second-order valence-corrected chi connectivity index (χ2v) is 16.3. The van der Waals surface area contributed by atoms with Crippen molar-refractivity contribution in [1.29, 1.82) is 0 Å². The van der Waals surface area contributed by atoms with Gasteiger partial charge in [0.1, 0.15) is 0 Å². The zero-order chi connectivity index (χ0) is 22.0. The van der Waals surface area contributed by atoms with Crippen LogP contribution in [0.25, 0.3) is 0 Å². The number of hydrogen-bond acceptors (Lipinski definition) is 3. The van der Waals surface area contributed by atoms with Gasteiger partial charge in [-0.3, -0.25) is 0 Å². The summed E-state index contributed by atoms with van der Waals surface area (Å²) in [7, 11) is 0. The number of carboxylic acids is 1. The van der Waals surface area contributed by atoms with Gasteiger partial charge in [-0.15, -0.1) is 0 Å². The normalized spacial score (nSPS) is 12.7. The van der Waals surface area contributed by atoms with Crippen LogP contribution in [0.3, 0.4) is 0 Å². The van der Waals surface area contributed by atoms with E-state index in [-0.39, 0.29) is 13.0 Å². The Morgan fingerprint density at radius 2 is 1.06 bits per heavy atom. The summed E-state index contributed by atoms with van der Waals surface area (Å²) >= 11 is 4.38. The number of benzene rings is 3. The van der Waals surface area contributed by atoms with Gasteiger partial charge in [0, 0.05) is 0 Å². The Balaban J connectivity index is 1.87. The average Bonchev–Trinajstić information content (AvgIpc) is 2.82. The SMILES string of the molecule is O=C(O)CCOCCOCCP(Br)(c1ccccc1)(c1ccccc1)c1ccccc1. The number of carboxylic acid groups (broad SMARTS) is 1. The number of halogens is 1. The van der Waals surface area contributed by atoms with Crippen molar-refractivity contribution >= 4 is 42.7 Å². The molecule has 3 rings (SSSR count). The Kier molecular flexibility index (Phi) is 8.39. The Bertz CT molecular complexity index is 852. The van der Waals surface area contributed by atoms with E-state index in [0.717, 1.165) is 6.16 Å². The molecule has 0 unspecified atom stereocenters. The molecule has 0 heterocycles. The predicted molar refractivity (Wildman–Crippen MR) is 133 cm³/mol. The molecular weight excluding hydrogens is 475 g/mol. The molecule has 6 heteroatoms. The maximum atomic E-state index is 10.6. The van der Waals surface area contributed by atoms with Crippen molar-refractivity contribution in [3.63, 3.8) is 0 Å². The molecule has 0 saturated carbocycles. The van der Waals surface area contributed by atoms with Gasteiger partial charge in [-0.05, 0) is 0 Å². The van der Waals surface area contributed by atoms with Gasteiger partial charge in [0.05, 0.1) is 0 Å². The van der Waals surface area contributed by atoms with E-state index in [4.69, 9.17) is 14.6 Å². The Morgan fingerprint density at radius 3 is 1.45 bits per heavy atom. The van der Waals surface area contributed by atoms with Gasteiger partial charge in [-0.25, -0.2) is 0 Å². The third kappa shape index (κ3) is 5.42. The molecule has 0 aliphatic carbocycles. The van der Waals surface area contributed by atoms with E-state index in [9.17, 15) is 4.79 Å². The van der Waals surface area contributed by atoms with Gasteiger partial charge >= 0.3 is 192 Å². The second-order valence-electron chi connectivity index (χ2n) is 7.28. The molecule has 0 atom stereocenters. The average molecular weight is 503 g/mol. The molecule has 0 aliphatic heterocycles. The minimum atomic E-state index is -2.96. The molecule has 0 fully saturated rings. The fraction of sp³-hybridized carbons (Fsp3) is 0.240. The molecule has 3 aromatic rings. The van der Waals surface area contributed by atoms with Crippen LogP contribution in [-0.2, 0) is 14.3 Å². The fourth-order valence-electron chi connectivity index (χ4n) is 3.77. The number of carbonyl (C=O) groups is 1. The van der Waals surface area contributed by atoms with Crippen LogP contribution in [0.15, 0.2) is 91.0 Å². The van der Waals surface area contributed by atoms with Crippen LogP contribution in [0, 0.1) is 0 Å². The van der Waals surface area contributed by atoms with Crippen LogP contribution in [-0.4, -0.2) is 43.7 Å². The number of ether oxygens (including phenoxy) is 2. The quantitative estimate of drug-likeness (QED) is 0.295. The first-order chi connectivity index (χ1) is 15.1. The van der Waals surface area contributed by atoms with Crippen LogP contribution in [0.2, 0.25) is 0 Å². The Labute approximate surface area is 191 Å². The fourth-order valence-corrected chi connectivity index (χ4v) is 10.9. The van der Waals surface area contributed by atoms with Gasteiger partial charge in [0.15, 0.2) is 0 Å². The van der Waals surface area contributed by atoms with Crippen molar-refractivity contribution in [2.45, 2.75) is 6.42 Å². The van der Waals surface area contributed by atoms with E-state index in [2.05, 4.69) is 88.3 Å². The van der Waals surface area contributed by atoms with Crippen molar-refractivity contribution in [1.82, 2.24) is 0 Å². The van der Waals surface area contributed by atoms with Crippen LogP contribution < -0.4 is 15.9 Å². The van der Waals surface area contributed by atoms with Gasteiger partial charge in [0.25, 0.3) is 0 Å². The second kappa shape index (κ2) is 11.0. The summed E-state index contributed by atoms with van der Waals surface area (Å²) in [5, 5.41) is 9.50. The van der Waals surface area contributed by atoms with Crippen molar-refractivity contribution in [3.05, 3.63) is 91.0 Å².